The zero-order chi connectivity index (χ0) is 49.9. The summed E-state index contributed by atoms with van der Waals surface area (Å²) in [7, 11) is -3.00. The Labute approximate surface area is 439 Å². The van der Waals surface area contributed by atoms with Gasteiger partial charge in [0.1, 0.15) is 11.2 Å². The molecule has 0 bridgehead atoms. The van der Waals surface area contributed by atoms with Crippen molar-refractivity contribution in [1.82, 2.24) is 9.13 Å². The molecule has 0 aliphatic heterocycles. The molecule has 0 N–H and O–H groups in total. The van der Waals surface area contributed by atoms with E-state index in [0.29, 0.717) is 0 Å². The van der Waals surface area contributed by atoms with Gasteiger partial charge in [-0.3, -0.25) is 0 Å². The quantitative estimate of drug-likeness (QED) is 0.0886. The minimum atomic E-state index is -3.00. The molecule has 16 aromatic rings. The molecule has 3 heterocycles. The van der Waals surface area contributed by atoms with Gasteiger partial charge in [-0.2, -0.15) is 0 Å². The summed E-state index contributed by atoms with van der Waals surface area (Å²) in [5.41, 5.74) is 11.2. The number of nitrogens with zero attached hydrogens (tertiary/aromatic N) is 2. The topological polar surface area (TPSA) is 23.0 Å². The first-order chi connectivity index (χ1) is 37.7. The number of benzene rings is 13. The Kier molecular flexibility index (Phi) is 9.36. The van der Waals surface area contributed by atoms with Crippen molar-refractivity contribution in [2.45, 2.75) is 0 Å². The highest BCUT2D eigenvalue weighted by Gasteiger charge is 2.41. The van der Waals surface area contributed by atoms with Crippen LogP contribution in [0, 0.1) is 0 Å². The van der Waals surface area contributed by atoms with Gasteiger partial charge in [0.15, 0.2) is 8.07 Å². The van der Waals surface area contributed by atoms with E-state index in [1.165, 1.54) is 108 Å². The highest BCUT2D eigenvalue weighted by atomic mass is 28.3. The van der Waals surface area contributed by atoms with Gasteiger partial charge >= 0.3 is 0 Å². The van der Waals surface area contributed by atoms with Crippen molar-refractivity contribution in [2.24, 2.45) is 0 Å². The summed E-state index contributed by atoms with van der Waals surface area (Å²) in [5, 5.41) is 20.2. The van der Waals surface area contributed by atoms with Crippen molar-refractivity contribution < 1.29 is 4.42 Å². The number of para-hydroxylation sites is 3. The second-order valence-corrected chi connectivity index (χ2v) is 24.1. The van der Waals surface area contributed by atoms with Gasteiger partial charge in [0.25, 0.3) is 0 Å². The number of hydrogen-bond acceptors (Lipinski definition) is 1. The summed E-state index contributed by atoms with van der Waals surface area (Å²) < 4.78 is 11.4. The van der Waals surface area contributed by atoms with E-state index in [4.69, 9.17) is 4.42 Å². The molecule has 13 aromatic carbocycles. The van der Waals surface area contributed by atoms with Crippen LogP contribution in [0.2, 0.25) is 0 Å². The second-order valence-electron chi connectivity index (χ2n) is 20.3. The molecule has 0 unspecified atom stereocenters. The maximum absolute atomic E-state index is 6.43. The van der Waals surface area contributed by atoms with Gasteiger partial charge in [0.2, 0.25) is 0 Å². The number of furan rings is 1. The molecule has 0 aliphatic carbocycles. The summed E-state index contributed by atoms with van der Waals surface area (Å²) in [6.45, 7) is 0. The van der Waals surface area contributed by atoms with E-state index < -0.39 is 8.07 Å². The lowest BCUT2D eigenvalue weighted by molar-refractivity contribution is 0.669. The molecule has 0 atom stereocenters. The number of aromatic nitrogens is 2. The molecule has 354 valence electrons. The Balaban J connectivity index is 0.956. The molecule has 3 aromatic heterocycles. The smallest absolute Gasteiger partial charge is 0.179 e. The second kappa shape index (κ2) is 16.6. The van der Waals surface area contributed by atoms with E-state index in [2.05, 4.69) is 282 Å². The van der Waals surface area contributed by atoms with Crippen molar-refractivity contribution in [3.63, 3.8) is 0 Å². The van der Waals surface area contributed by atoms with E-state index in [9.17, 15) is 0 Å². The van der Waals surface area contributed by atoms with Gasteiger partial charge in [0, 0.05) is 49.1 Å². The molecule has 3 nitrogen and oxygen atoms in total. The number of rotatable bonds is 7. The van der Waals surface area contributed by atoms with Crippen LogP contribution < -0.4 is 20.7 Å². The van der Waals surface area contributed by atoms with E-state index in [1.807, 2.05) is 6.07 Å². The highest BCUT2D eigenvalue weighted by Crippen LogP contribution is 2.45. The summed E-state index contributed by atoms with van der Waals surface area (Å²) in [5.74, 6) is 0. The normalized spacial score (nSPS) is 12.2. The van der Waals surface area contributed by atoms with Crippen LogP contribution >= 0.6 is 0 Å². The van der Waals surface area contributed by atoms with Gasteiger partial charge in [-0.25, -0.2) is 0 Å². The SMILES string of the molecule is c1ccc([Si](c2ccccc2)(c2ccc(-n3c4ccc(-n5c6ccccc6c6ccccc65)cc4c4c5c6ccccc6c6ccccc6c5ccc43)cc2)c2cccc(-c3cccc4oc5ccccc5c34)c2)cc1. The van der Waals surface area contributed by atoms with Crippen molar-refractivity contribution >= 4 is 127 Å². The molecule has 0 saturated carbocycles. The van der Waals surface area contributed by atoms with E-state index in [1.54, 1.807) is 0 Å². The van der Waals surface area contributed by atoms with Crippen LogP contribution in [0.1, 0.15) is 0 Å². The molecule has 0 aliphatic rings. The highest BCUT2D eigenvalue weighted by molar-refractivity contribution is 7.20. The lowest BCUT2D eigenvalue weighted by Gasteiger charge is -2.35. The van der Waals surface area contributed by atoms with Gasteiger partial charge in [-0.05, 0) is 119 Å². The average Bonchev–Trinajstić information content (AvgIpc) is 4.27. The monoisotopic (exact) mass is 982 g/mol. The van der Waals surface area contributed by atoms with E-state index in [-0.39, 0.29) is 0 Å². The third kappa shape index (κ3) is 6.10. The number of hydrogen-bond donors (Lipinski definition) is 0. The zero-order valence-corrected chi connectivity index (χ0v) is 42.4. The Hall–Kier alpha value is -9.74. The fourth-order valence-corrected chi connectivity index (χ4v) is 18.1. The first kappa shape index (κ1) is 42.7. The predicted molar refractivity (Wildman–Crippen MR) is 324 cm³/mol. The first-order valence-electron chi connectivity index (χ1n) is 26.2. The van der Waals surface area contributed by atoms with E-state index >= 15 is 0 Å². The van der Waals surface area contributed by atoms with Gasteiger partial charge in [0.05, 0.1) is 22.1 Å². The van der Waals surface area contributed by atoms with Crippen LogP contribution in [-0.4, -0.2) is 17.2 Å². The molecule has 0 saturated heterocycles. The third-order valence-electron chi connectivity index (χ3n) is 16.4. The third-order valence-corrected chi connectivity index (χ3v) is 21.2. The lowest BCUT2D eigenvalue weighted by atomic mass is 9.92. The Morgan fingerprint density at radius 1 is 0.250 bits per heavy atom. The van der Waals surface area contributed by atoms with Gasteiger partial charge < -0.3 is 13.6 Å². The summed E-state index contributed by atoms with van der Waals surface area (Å²) in [6.07, 6.45) is 0. The fourth-order valence-electron chi connectivity index (χ4n) is 13.3. The van der Waals surface area contributed by atoms with Gasteiger partial charge in [-0.15, -0.1) is 0 Å². The summed E-state index contributed by atoms with van der Waals surface area (Å²) in [4.78, 5) is 0. The first-order valence-corrected chi connectivity index (χ1v) is 28.2. The lowest BCUT2D eigenvalue weighted by Crippen LogP contribution is -2.74. The van der Waals surface area contributed by atoms with Crippen molar-refractivity contribution in [1.29, 1.82) is 0 Å². The van der Waals surface area contributed by atoms with Crippen LogP contribution in [0.25, 0.3) is 120 Å². The standard InChI is InChI=1S/C72H46N2OSi/c1-3-20-50(21-4-1)76(51-22-5-2-6-23-51,53-24-17-19-47(45-53)54-32-18-36-69-70(54)62-31-13-16-35-68(62)75-69)52-40-37-48(38-41-52)73-66-43-39-49(74-64-33-14-11-28-58(64)59-29-12-15-34-65(59)74)46-63(66)72-67(73)44-42-61-57-27-8-7-25-55(57)56-26-9-10-30-60(56)71(61)72/h1-46H. The van der Waals surface area contributed by atoms with Crippen LogP contribution in [0.15, 0.2) is 283 Å². The predicted octanol–water partition coefficient (Wildman–Crippen LogP) is 16.3. The molecule has 16 rings (SSSR count). The van der Waals surface area contributed by atoms with Crippen LogP contribution in [0.4, 0.5) is 0 Å². The maximum atomic E-state index is 6.43. The minimum Gasteiger partial charge on any atom is -0.456 e. The molecule has 0 radical (unpaired) electrons. The Morgan fingerprint density at radius 2 is 0.724 bits per heavy atom. The van der Waals surface area contributed by atoms with Crippen LogP contribution in [0.3, 0.4) is 0 Å². The van der Waals surface area contributed by atoms with Crippen molar-refractivity contribution in [2.75, 3.05) is 0 Å². The minimum absolute atomic E-state index is 0.900. The molecule has 0 fully saturated rings. The molecule has 0 amide bonds. The largest absolute Gasteiger partial charge is 0.456 e. The molecule has 0 spiro atoms. The average molecular weight is 983 g/mol. The van der Waals surface area contributed by atoms with E-state index in [0.717, 1.165) is 33.3 Å². The van der Waals surface area contributed by atoms with Crippen LogP contribution in [0.5, 0.6) is 0 Å². The van der Waals surface area contributed by atoms with Crippen LogP contribution in [-0.2, 0) is 0 Å². The zero-order valence-electron chi connectivity index (χ0n) is 41.4. The fraction of sp³-hybridized carbons (Fsp3) is 0. The summed E-state index contributed by atoms with van der Waals surface area (Å²) >= 11 is 0. The number of fused-ring (bicyclic) bond motifs is 16. The molecule has 4 heteroatoms. The van der Waals surface area contributed by atoms with Gasteiger partial charge in [-0.1, -0.05) is 218 Å². The van der Waals surface area contributed by atoms with Crippen molar-refractivity contribution in [3.05, 3.63) is 279 Å². The maximum Gasteiger partial charge on any atom is 0.179 e. The summed E-state index contributed by atoms with van der Waals surface area (Å²) in [6, 6.07) is 104. The Bertz CT molecular complexity index is 4860. The van der Waals surface area contributed by atoms with Crippen molar-refractivity contribution in [3.8, 4) is 22.5 Å². The molecular formula is C72H46N2OSi. The molecule has 76 heavy (non-hydrogen) atoms. The molecular weight excluding hydrogens is 937 g/mol. The Morgan fingerprint density at radius 3 is 1.41 bits per heavy atom.